The molecule has 0 aromatic carbocycles. The van der Waals surface area contributed by atoms with Crippen molar-refractivity contribution in [1.82, 2.24) is 28.8 Å². The van der Waals surface area contributed by atoms with Gasteiger partial charge in [0.2, 0.25) is 10.0 Å². The number of nitrogens with zero attached hydrogens (tertiary/aromatic N) is 6. The molecule has 1 aliphatic rings. The van der Waals surface area contributed by atoms with Crippen LogP contribution < -0.4 is 0 Å². The number of aromatic nitrogens is 4. The molecule has 0 radical (unpaired) electrons. The van der Waals surface area contributed by atoms with Crippen LogP contribution in [-0.2, 0) is 23.6 Å². The first kappa shape index (κ1) is 19.3. The van der Waals surface area contributed by atoms with E-state index in [-0.39, 0.29) is 23.9 Å². The van der Waals surface area contributed by atoms with Gasteiger partial charge in [-0.3, -0.25) is 14.2 Å². The van der Waals surface area contributed by atoms with Crippen molar-refractivity contribution in [2.24, 2.45) is 7.05 Å². The standard InChI is InChI=1S/C15H21IN6O3S/c1-4-21-10-13(11(2)18-21)26(24,25)22-7-5-20(6-8-22)15(23)14-12(16)9-17-19(14)3/h9-10H,4-8H2,1-3H3. The maximum atomic E-state index is 12.9. The van der Waals surface area contributed by atoms with Gasteiger partial charge in [0.1, 0.15) is 10.6 Å². The number of carbonyl (C=O) groups is 1. The summed E-state index contributed by atoms with van der Waals surface area (Å²) in [5, 5.41) is 8.31. The molecule has 3 rings (SSSR count). The van der Waals surface area contributed by atoms with Gasteiger partial charge in [0.05, 0.1) is 15.5 Å². The predicted molar refractivity (Wildman–Crippen MR) is 103 cm³/mol. The minimum absolute atomic E-state index is 0.124. The fourth-order valence-electron chi connectivity index (χ4n) is 2.99. The summed E-state index contributed by atoms with van der Waals surface area (Å²) in [5.74, 6) is -0.124. The van der Waals surface area contributed by atoms with Gasteiger partial charge in [-0.05, 0) is 36.4 Å². The van der Waals surface area contributed by atoms with E-state index in [1.165, 1.54) is 4.31 Å². The Balaban J connectivity index is 1.73. The topological polar surface area (TPSA) is 93.3 Å². The first-order valence-electron chi connectivity index (χ1n) is 8.26. The van der Waals surface area contributed by atoms with E-state index in [1.807, 2.05) is 6.92 Å². The fourth-order valence-corrected chi connectivity index (χ4v) is 5.28. The van der Waals surface area contributed by atoms with Crippen molar-refractivity contribution in [3.63, 3.8) is 0 Å². The van der Waals surface area contributed by atoms with E-state index in [0.29, 0.717) is 31.0 Å². The monoisotopic (exact) mass is 492 g/mol. The zero-order chi connectivity index (χ0) is 19.1. The van der Waals surface area contributed by atoms with Crippen molar-refractivity contribution < 1.29 is 13.2 Å². The minimum atomic E-state index is -3.61. The molecule has 0 spiro atoms. The lowest BCUT2D eigenvalue weighted by atomic mass is 10.3. The largest absolute Gasteiger partial charge is 0.335 e. The Labute approximate surface area is 166 Å². The van der Waals surface area contributed by atoms with Crippen LogP contribution in [0, 0.1) is 10.5 Å². The highest BCUT2D eigenvalue weighted by Crippen LogP contribution is 2.21. The van der Waals surface area contributed by atoms with E-state index < -0.39 is 10.0 Å². The Morgan fingerprint density at radius 1 is 1.27 bits per heavy atom. The third kappa shape index (κ3) is 3.39. The van der Waals surface area contributed by atoms with Crippen molar-refractivity contribution in [2.75, 3.05) is 26.2 Å². The van der Waals surface area contributed by atoms with Gasteiger partial charge < -0.3 is 4.90 Å². The number of aryl methyl sites for hydroxylation is 3. The SMILES string of the molecule is CCn1cc(S(=O)(=O)N2CCN(C(=O)c3c(I)cnn3C)CC2)c(C)n1. The maximum Gasteiger partial charge on any atom is 0.273 e. The van der Waals surface area contributed by atoms with E-state index >= 15 is 0 Å². The zero-order valence-corrected chi connectivity index (χ0v) is 17.9. The molecular formula is C15H21IN6O3S. The Hall–Kier alpha value is -1.47. The molecule has 3 heterocycles. The van der Waals surface area contributed by atoms with Gasteiger partial charge in [-0.15, -0.1) is 0 Å². The number of hydrogen-bond donors (Lipinski definition) is 0. The van der Waals surface area contributed by atoms with Crippen LogP contribution >= 0.6 is 22.6 Å². The minimum Gasteiger partial charge on any atom is -0.335 e. The van der Waals surface area contributed by atoms with Crippen molar-refractivity contribution in [3.05, 3.63) is 27.4 Å². The van der Waals surface area contributed by atoms with Crippen LogP contribution in [-0.4, -0.2) is 69.3 Å². The lowest BCUT2D eigenvalue weighted by Gasteiger charge is -2.33. The molecule has 26 heavy (non-hydrogen) atoms. The van der Waals surface area contributed by atoms with Crippen molar-refractivity contribution >= 4 is 38.5 Å². The number of piperazine rings is 1. The fraction of sp³-hybridized carbons (Fsp3) is 0.533. The van der Waals surface area contributed by atoms with E-state index in [2.05, 4.69) is 32.8 Å². The van der Waals surface area contributed by atoms with Gasteiger partial charge in [-0.2, -0.15) is 14.5 Å². The third-order valence-electron chi connectivity index (χ3n) is 4.47. The summed E-state index contributed by atoms with van der Waals surface area (Å²) in [6, 6.07) is 0. The van der Waals surface area contributed by atoms with Gasteiger partial charge in [0.25, 0.3) is 5.91 Å². The average Bonchev–Trinajstić information content (AvgIpc) is 3.17. The van der Waals surface area contributed by atoms with Crippen LogP contribution in [0.4, 0.5) is 0 Å². The highest BCUT2D eigenvalue weighted by Gasteiger charge is 2.33. The summed E-state index contributed by atoms with van der Waals surface area (Å²) in [5.41, 5.74) is 1.02. The molecule has 1 fully saturated rings. The molecule has 0 unspecified atom stereocenters. The molecule has 2 aromatic rings. The van der Waals surface area contributed by atoms with Crippen LogP contribution in [0.15, 0.2) is 17.3 Å². The van der Waals surface area contributed by atoms with E-state index in [9.17, 15) is 13.2 Å². The quantitative estimate of drug-likeness (QED) is 0.586. The van der Waals surface area contributed by atoms with Crippen molar-refractivity contribution in [1.29, 1.82) is 0 Å². The van der Waals surface area contributed by atoms with Gasteiger partial charge >= 0.3 is 0 Å². The lowest BCUT2D eigenvalue weighted by Crippen LogP contribution is -2.50. The van der Waals surface area contributed by atoms with Crippen LogP contribution in [0.2, 0.25) is 0 Å². The Bertz CT molecular complexity index is 908. The average molecular weight is 492 g/mol. The summed E-state index contributed by atoms with van der Waals surface area (Å²) in [6.07, 6.45) is 3.21. The summed E-state index contributed by atoms with van der Waals surface area (Å²) in [6.45, 7) is 5.44. The molecule has 11 heteroatoms. The molecule has 0 aliphatic carbocycles. The number of halogens is 1. The van der Waals surface area contributed by atoms with Crippen LogP contribution in [0.1, 0.15) is 23.1 Å². The van der Waals surface area contributed by atoms with Gasteiger partial charge in [-0.1, -0.05) is 0 Å². The molecular weight excluding hydrogens is 471 g/mol. The smallest absolute Gasteiger partial charge is 0.273 e. The van der Waals surface area contributed by atoms with Crippen molar-refractivity contribution in [3.8, 4) is 0 Å². The van der Waals surface area contributed by atoms with Gasteiger partial charge in [0.15, 0.2) is 0 Å². The summed E-state index contributed by atoms with van der Waals surface area (Å²) in [7, 11) is -1.88. The molecule has 0 N–H and O–H groups in total. The second-order valence-corrected chi connectivity index (χ2v) is 9.16. The first-order valence-corrected chi connectivity index (χ1v) is 10.8. The van der Waals surface area contributed by atoms with Crippen LogP contribution in [0.25, 0.3) is 0 Å². The Morgan fingerprint density at radius 3 is 2.42 bits per heavy atom. The number of carbonyl (C=O) groups excluding carboxylic acids is 1. The zero-order valence-electron chi connectivity index (χ0n) is 14.9. The number of amides is 1. The van der Waals surface area contributed by atoms with Gasteiger partial charge in [-0.25, -0.2) is 8.42 Å². The Kier molecular flexibility index (Phi) is 5.40. The summed E-state index contributed by atoms with van der Waals surface area (Å²) >= 11 is 2.08. The normalized spacial score (nSPS) is 16.2. The lowest BCUT2D eigenvalue weighted by molar-refractivity contribution is 0.0685. The predicted octanol–water partition coefficient (Wildman–Crippen LogP) is 0.696. The molecule has 142 valence electrons. The second kappa shape index (κ2) is 7.27. The first-order chi connectivity index (χ1) is 12.3. The van der Waals surface area contributed by atoms with E-state index in [0.717, 1.165) is 3.57 Å². The highest BCUT2D eigenvalue weighted by molar-refractivity contribution is 14.1. The molecule has 0 atom stereocenters. The molecule has 9 nitrogen and oxygen atoms in total. The van der Waals surface area contributed by atoms with E-state index in [1.54, 1.807) is 40.6 Å². The molecule has 2 aromatic heterocycles. The third-order valence-corrected chi connectivity index (χ3v) is 7.26. The molecule has 0 bridgehead atoms. The highest BCUT2D eigenvalue weighted by atomic mass is 127. The number of sulfonamides is 1. The van der Waals surface area contributed by atoms with Gasteiger partial charge in [0, 0.05) is 46.0 Å². The van der Waals surface area contributed by atoms with Crippen LogP contribution in [0.5, 0.6) is 0 Å². The van der Waals surface area contributed by atoms with Crippen LogP contribution in [0.3, 0.4) is 0 Å². The molecule has 1 aliphatic heterocycles. The molecule has 1 amide bonds. The number of rotatable bonds is 4. The molecule has 1 saturated heterocycles. The molecule has 0 saturated carbocycles. The Morgan fingerprint density at radius 2 is 1.92 bits per heavy atom. The number of hydrogen-bond acceptors (Lipinski definition) is 5. The maximum absolute atomic E-state index is 12.9. The summed E-state index contributed by atoms with van der Waals surface area (Å²) < 4.78 is 31.2. The second-order valence-electron chi connectivity index (χ2n) is 6.10. The van der Waals surface area contributed by atoms with E-state index in [4.69, 9.17) is 0 Å². The van der Waals surface area contributed by atoms with Crippen molar-refractivity contribution in [2.45, 2.75) is 25.3 Å². The summed E-state index contributed by atoms with van der Waals surface area (Å²) in [4.78, 5) is 14.6.